The molecule has 5 aromatic rings. The average molecular weight is 1190 g/mol. The zero-order valence-corrected chi connectivity index (χ0v) is 51.4. The number of nitrogens with zero attached hydrogens (tertiary/aromatic N) is 7. The third-order valence-electron chi connectivity index (χ3n) is 15.7. The number of amides is 4. The third-order valence-corrected chi connectivity index (χ3v) is 16.6. The van der Waals surface area contributed by atoms with Gasteiger partial charge in [-0.15, -0.1) is 0 Å². The predicted molar refractivity (Wildman–Crippen MR) is 323 cm³/mol. The number of nitrogens with one attached hydrogen (secondary N) is 1. The number of rotatable bonds is 6. The number of aromatic nitrogens is 2. The van der Waals surface area contributed by atoms with Gasteiger partial charge in [-0.1, -0.05) is 52.3 Å². The molecular weight excluding hydrogens is 1110 g/mol. The van der Waals surface area contributed by atoms with Crippen LogP contribution in [0.25, 0.3) is 11.4 Å². The first-order valence-electron chi connectivity index (χ1n) is 28.8. The normalized spacial score (nSPS) is 17.0. The number of imidazole rings is 1. The van der Waals surface area contributed by atoms with E-state index in [1.165, 1.54) is 11.1 Å². The number of ketones is 1. The molecule has 9 rings (SSSR count). The molecule has 4 aromatic carbocycles. The van der Waals surface area contributed by atoms with Gasteiger partial charge < -0.3 is 34.1 Å². The number of piperidine rings is 2. The number of alkyl halides is 1. The summed E-state index contributed by atoms with van der Waals surface area (Å²) in [6, 6.07) is 27.5. The van der Waals surface area contributed by atoms with E-state index < -0.39 is 11.2 Å². The number of carbonyl (C=O) groups is 6. The number of Topliss-reactive ketones (excluding diaryl/α,β-unsaturated/α-hetero) is 1. The molecule has 438 valence electrons. The molecule has 0 bridgehead atoms. The van der Waals surface area contributed by atoms with Crippen LogP contribution in [0.1, 0.15) is 179 Å². The molecule has 1 aromatic heterocycles. The molecule has 4 amide bonds. The van der Waals surface area contributed by atoms with Crippen molar-refractivity contribution >= 4 is 52.0 Å². The Morgan fingerprint density at radius 2 is 1.02 bits per heavy atom. The number of H-pyrrole nitrogens is 1. The Hall–Kier alpha value is -7.63. The number of carbonyl (C=O) groups excluding carboxylic acids is 6. The molecule has 0 saturated carbocycles. The van der Waals surface area contributed by atoms with Crippen LogP contribution < -0.4 is 0 Å². The van der Waals surface area contributed by atoms with Crippen LogP contribution >= 0.6 is 15.9 Å². The number of aryl methyl sites for hydroxylation is 4. The van der Waals surface area contributed by atoms with Crippen LogP contribution in [0.2, 0.25) is 0 Å². The Balaban J connectivity index is 0.000000200. The van der Waals surface area contributed by atoms with Crippen LogP contribution in [-0.2, 0) is 27.1 Å². The molecule has 4 aliphatic rings. The van der Waals surface area contributed by atoms with E-state index in [0.717, 1.165) is 77.0 Å². The van der Waals surface area contributed by atoms with Crippen molar-refractivity contribution in [2.24, 2.45) is 0 Å². The van der Waals surface area contributed by atoms with Crippen LogP contribution in [0, 0.1) is 50.4 Å². The molecule has 4 aliphatic heterocycles. The lowest BCUT2D eigenvalue weighted by Gasteiger charge is -2.32. The molecule has 3 fully saturated rings. The summed E-state index contributed by atoms with van der Waals surface area (Å²) < 4.78 is 10.8. The topological polar surface area (TPSA) is 210 Å². The van der Waals surface area contributed by atoms with Crippen molar-refractivity contribution in [1.82, 2.24) is 29.6 Å². The van der Waals surface area contributed by atoms with Crippen molar-refractivity contribution in [3.05, 3.63) is 145 Å². The second-order valence-electron chi connectivity index (χ2n) is 24.1. The summed E-state index contributed by atoms with van der Waals surface area (Å²) in [6.07, 6.45) is 6.18. The van der Waals surface area contributed by atoms with E-state index in [9.17, 15) is 28.8 Å². The molecule has 83 heavy (non-hydrogen) atoms. The molecule has 1 atom stereocenters. The van der Waals surface area contributed by atoms with Gasteiger partial charge in [-0.3, -0.25) is 19.2 Å². The number of benzene rings is 4. The Kier molecular flexibility index (Phi) is 21.0. The number of hydrogen-bond acceptors (Lipinski definition) is 11. The second kappa shape index (κ2) is 27.6. The van der Waals surface area contributed by atoms with Gasteiger partial charge in [0.1, 0.15) is 29.1 Å². The summed E-state index contributed by atoms with van der Waals surface area (Å²) in [6.45, 7) is 23.9. The Bertz CT molecular complexity index is 3230. The summed E-state index contributed by atoms with van der Waals surface area (Å²) in [5, 5.41) is 18.0. The van der Waals surface area contributed by atoms with E-state index in [0.29, 0.717) is 118 Å². The first kappa shape index (κ1) is 63.0. The number of hydrogen-bond donors (Lipinski definition) is 1. The van der Waals surface area contributed by atoms with Crippen molar-refractivity contribution in [2.75, 3.05) is 52.4 Å². The van der Waals surface area contributed by atoms with E-state index in [4.69, 9.17) is 25.0 Å². The van der Waals surface area contributed by atoms with E-state index in [1.54, 1.807) is 15.9 Å². The fraction of sp³-hybridized carbons (Fsp3) is 0.470. The zero-order chi connectivity index (χ0) is 60.3. The standard InChI is InChI=1S/C33H39N5O3.C22H22N2O2.C11H18BrNO3/c1-21-18-22(2)27(31(39)37-14-10-25(11-15-37)24-8-6-23(20-34)7-9-24)19-26(21)30-35-28-12-16-38(17-13-29(28)36-30)32(40)41-33(3,4)5;1-15-11-16(2)21(12-20(15)14-25)22(26)24-9-7-19(8-10-24)18-5-3-17(13-23)4-6-18;1-11(2,3)16-10(15)13-6-4-8(12)9(14)5-7-13/h6-9,18-19,25H,10-17H2,1-5H3,(H,35,36);3-6,11-12,14,19H,7-10H2,1-2H3;8H,4-7H2,1-3H3. The predicted octanol–water partition coefficient (Wildman–Crippen LogP) is 12.3. The van der Waals surface area contributed by atoms with E-state index in [-0.39, 0.29) is 34.6 Å². The van der Waals surface area contributed by atoms with Gasteiger partial charge in [0, 0.05) is 99.6 Å². The summed E-state index contributed by atoms with van der Waals surface area (Å²) in [5.74, 6) is 1.80. The summed E-state index contributed by atoms with van der Waals surface area (Å²) in [5.41, 5.74) is 11.5. The van der Waals surface area contributed by atoms with E-state index in [2.05, 4.69) is 46.0 Å². The fourth-order valence-corrected chi connectivity index (χ4v) is 11.4. The minimum Gasteiger partial charge on any atom is -0.444 e. The smallest absolute Gasteiger partial charge is 0.410 e. The lowest BCUT2D eigenvalue weighted by Crippen LogP contribution is -2.38. The highest BCUT2D eigenvalue weighted by Crippen LogP contribution is 2.33. The molecule has 0 aliphatic carbocycles. The van der Waals surface area contributed by atoms with Crippen molar-refractivity contribution < 1.29 is 38.2 Å². The molecule has 0 spiro atoms. The molecule has 5 heterocycles. The quantitative estimate of drug-likeness (QED) is 0.125. The summed E-state index contributed by atoms with van der Waals surface area (Å²) in [7, 11) is 0. The number of likely N-dealkylation sites (tertiary alicyclic amines) is 3. The molecule has 17 heteroatoms. The lowest BCUT2D eigenvalue weighted by atomic mass is 9.88. The highest BCUT2D eigenvalue weighted by molar-refractivity contribution is 9.10. The average Bonchev–Trinajstić information content (AvgIpc) is 3.89. The van der Waals surface area contributed by atoms with Gasteiger partial charge >= 0.3 is 12.2 Å². The number of aromatic amines is 1. The number of fused-ring (bicyclic) bond motifs is 1. The first-order valence-corrected chi connectivity index (χ1v) is 29.7. The molecule has 0 radical (unpaired) electrons. The van der Waals surface area contributed by atoms with Crippen LogP contribution in [0.4, 0.5) is 9.59 Å². The Morgan fingerprint density at radius 1 is 0.590 bits per heavy atom. The number of nitriles is 2. The largest absolute Gasteiger partial charge is 0.444 e. The van der Waals surface area contributed by atoms with Gasteiger partial charge in [0.2, 0.25) is 0 Å². The monoisotopic (exact) mass is 1190 g/mol. The van der Waals surface area contributed by atoms with E-state index in [1.807, 2.05) is 133 Å². The van der Waals surface area contributed by atoms with Gasteiger partial charge in [0.25, 0.3) is 11.8 Å². The van der Waals surface area contributed by atoms with Gasteiger partial charge in [0.15, 0.2) is 0 Å². The van der Waals surface area contributed by atoms with Crippen LogP contribution in [0.15, 0.2) is 72.8 Å². The zero-order valence-electron chi connectivity index (χ0n) is 49.8. The number of ether oxygens (including phenoxy) is 2. The molecular formula is C66H79BrN8O8. The van der Waals surface area contributed by atoms with Gasteiger partial charge in [-0.05, 0) is 183 Å². The van der Waals surface area contributed by atoms with E-state index >= 15 is 0 Å². The van der Waals surface area contributed by atoms with Crippen LogP contribution in [0.5, 0.6) is 0 Å². The van der Waals surface area contributed by atoms with Crippen molar-refractivity contribution in [3.63, 3.8) is 0 Å². The fourth-order valence-electron chi connectivity index (χ4n) is 10.9. The SMILES string of the molecule is CC(C)(C)OC(=O)N1CCC(=O)C(Br)CC1.Cc1cc(C)c(-c2nc3c([nH]2)CCN(C(=O)OC(C)(C)C)CC3)cc1C(=O)N1CCC(c2ccc(C#N)cc2)CC1.Cc1cc(C)c(C(=O)N2CCC(c3ccc(C#N)cc3)CC2)cc1C=O. The van der Waals surface area contributed by atoms with Gasteiger partial charge in [-0.2, -0.15) is 10.5 Å². The Labute approximate surface area is 497 Å². The maximum Gasteiger partial charge on any atom is 0.410 e. The highest BCUT2D eigenvalue weighted by Gasteiger charge is 2.31. The van der Waals surface area contributed by atoms with Gasteiger partial charge in [-0.25, -0.2) is 14.6 Å². The number of aldehydes is 1. The van der Waals surface area contributed by atoms with Gasteiger partial charge in [0.05, 0.1) is 33.8 Å². The lowest BCUT2D eigenvalue weighted by molar-refractivity contribution is -0.118. The first-order chi connectivity index (χ1) is 39.3. The maximum atomic E-state index is 13.7. The third kappa shape index (κ3) is 16.8. The minimum absolute atomic E-state index is 0.00359. The van der Waals surface area contributed by atoms with Crippen LogP contribution in [0.3, 0.4) is 0 Å². The molecule has 1 N–H and O–H groups in total. The molecule has 16 nitrogen and oxygen atoms in total. The second-order valence-corrected chi connectivity index (χ2v) is 25.2. The Morgan fingerprint density at radius 3 is 1.49 bits per heavy atom. The number of halogens is 1. The highest BCUT2D eigenvalue weighted by atomic mass is 79.9. The summed E-state index contributed by atoms with van der Waals surface area (Å²) in [4.78, 5) is 89.1. The van der Waals surface area contributed by atoms with Crippen molar-refractivity contribution in [3.8, 4) is 23.5 Å². The van der Waals surface area contributed by atoms with Crippen LogP contribution in [-0.4, -0.2) is 134 Å². The molecule has 1 unspecified atom stereocenters. The minimum atomic E-state index is -0.526. The van der Waals surface area contributed by atoms with Crippen molar-refractivity contribution in [1.29, 1.82) is 10.5 Å². The maximum absolute atomic E-state index is 13.7. The molecule has 3 saturated heterocycles. The summed E-state index contributed by atoms with van der Waals surface area (Å²) >= 11 is 3.31. The van der Waals surface area contributed by atoms with Crippen molar-refractivity contribution in [2.45, 2.75) is 148 Å².